The van der Waals surface area contributed by atoms with Crippen LogP contribution in [0, 0.1) is 0 Å². The Balaban J connectivity index is 3.47. The fourth-order valence-corrected chi connectivity index (χ4v) is 8.64. The maximum Gasteiger partial charge on any atom is 0.220 e. The number of unbranched alkanes of at least 4 members (excludes halogenated alkanes) is 41. The van der Waals surface area contributed by atoms with E-state index in [9.17, 15) is 20.1 Å². The summed E-state index contributed by atoms with van der Waals surface area (Å²) in [5.74, 6) is -0.137. The highest BCUT2D eigenvalue weighted by atomic mass is 16.3. The lowest BCUT2D eigenvalue weighted by molar-refractivity contribution is -0.124. The first-order chi connectivity index (χ1) is 28.1. The van der Waals surface area contributed by atoms with Crippen molar-refractivity contribution in [2.24, 2.45) is 0 Å². The third kappa shape index (κ3) is 43.3. The molecule has 5 heteroatoms. The molecule has 0 saturated carbocycles. The summed E-state index contributed by atoms with van der Waals surface area (Å²) in [6.45, 7) is 4.21. The van der Waals surface area contributed by atoms with Crippen molar-refractivity contribution >= 4 is 5.91 Å². The number of aliphatic hydroxyl groups is 3. The van der Waals surface area contributed by atoms with Gasteiger partial charge in [0.2, 0.25) is 5.91 Å². The molecule has 0 radical (unpaired) electrons. The molecule has 4 N–H and O–H groups in total. The fraction of sp³-hybridized carbons (Fsp3) is 0.981. The molecule has 0 aromatic heterocycles. The quantitative estimate of drug-likeness (QED) is 0.0461. The molecule has 0 unspecified atom stereocenters. The normalized spacial score (nSPS) is 13.3. The lowest BCUT2D eigenvalue weighted by Gasteiger charge is -2.26. The first-order valence-electron chi connectivity index (χ1n) is 26.3. The van der Waals surface area contributed by atoms with E-state index in [4.69, 9.17) is 0 Å². The highest BCUT2D eigenvalue weighted by molar-refractivity contribution is 5.76. The molecule has 57 heavy (non-hydrogen) atoms. The number of amides is 1. The number of carbonyl (C=O) groups is 1. The molecule has 0 aliphatic heterocycles. The van der Waals surface area contributed by atoms with Gasteiger partial charge in [0.25, 0.3) is 0 Å². The van der Waals surface area contributed by atoms with E-state index in [2.05, 4.69) is 19.2 Å². The molecule has 0 bridgehead atoms. The first kappa shape index (κ1) is 56.4. The van der Waals surface area contributed by atoms with Gasteiger partial charge in [-0.3, -0.25) is 4.79 Å². The molecule has 5 nitrogen and oxygen atoms in total. The molecule has 0 saturated heterocycles. The third-order valence-electron chi connectivity index (χ3n) is 12.7. The molecular weight excluding hydrogens is 703 g/mol. The van der Waals surface area contributed by atoms with E-state index in [-0.39, 0.29) is 12.5 Å². The zero-order valence-corrected chi connectivity index (χ0v) is 39.0. The number of nitrogens with one attached hydrogen (secondary N) is 1. The molecule has 0 aliphatic carbocycles. The summed E-state index contributed by atoms with van der Waals surface area (Å²) in [6, 6.07) is -0.803. The van der Waals surface area contributed by atoms with Gasteiger partial charge in [0.15, 0.2) is 0 Å². The van der Waals surface area contributed by atoms with E-state index in [1.165, 1.54) is 244 Å². The Kier molecular flexibility index (Phi) is 47.5. The van der Waals surface area contributed by atoms with E-state index in [0.717, 1.165) is 32.1 Å². The molecule has 0 heterocycles. The molecule has 0 spiro atoms. The summed E-state index contributed by atoms with van der Waals surface area (Å²) >= 11 is 0. The van der Waals surface area contributed by atoms with Crippen LogP contribution in [0.1, 0.15) is 303 Å². The second-order valence-electron chi connectivity index (χ2n) is 18.4. The number of hydrogen-bond acceptors (Lipinski definition) is 4. The van der Waals surface area contributed by atoms with Crippen LogP contribution in [0.5, 0.6) is 0 Å². The maximum absolute atomic E-state index is 12.5. The van der Waals surface area contributed by atoms with Gasteiger partial charge in [-0.2, -0.15) is 0 Å². The van der Waals surface area contributed by atoms with Crippen molar-refractivity contribution in [1.82, 2.24) is 5.32 Å². The van der Waals surface area contributed by atoms with Gasteiger partial charge in [-0.1, -0.05) is 284 Å². The van der Waals surface area contributed by atoms with Crippen molar-refractivity contribution in [3.8, 4) is 0 Å². The van der Waals surface area contributed by atoms with Crippen LogP contribution in [-0.4, -0.2) is 46.1 Å². The summed E-state index contributed by atoms with van der Waals surface area (Å²) < 4.78 is 0. The van der Waals surface area contributed by atoms with Crippen LogP contribution in [0.25, 0.3) is 0 Å². The third-order valence-corrected chi connectivity index (χ3v) is 12.7. The van der Waals surface area contributed by atoms with Gasteiger partial charge in [-0.15, -0.1) is 0 Å². The van der Waals surface area contributed by atoms with Gasteiger partial charge in [-0.25, -0.2) is 0 Å². The summed E-state index contributed by atoms with van der Waals surface area (Å²) in [7, 11) is 0. The standard InChI is InChI=1S/C52H105NO4/c1-3-5-7-9-11-13-15-17-19-20-21-22-23-24-25-26-27-28-29-30-31-33-35-37-39-41-43-45-47-51(56)53-49(48-54)52(57)50(55)46-44-42-40-38-36-34-32-18-16-14-12-10-8-6-4-2/h49-50,52,54-55,57H,3-48H2,1-2H3,(H,53,56)/t49-,50+,52-/m0/s1. The van der Waals surface area contributed by atoms with Gasteiger partial charge in [0.1, 0.15) is 6.10 Å². The number of hydrogen-bond donors (Lipinski definition) is 4. The average molecular weight is 808 g/mol. The predicted molar refractivity (Wildman–Crippen MR) is 250 cm³/mol. The average Bonchev–Trinajstić information content (AvgIpc) is 3.22. The monoisotopic (exact) mass is 808 g/mol. The molecule has 0 aliphatic rings. The Morgan fingerprint density at radius 1 is 0.368 bits per heavy atom. The Morgan fingerprint density at radius 2 is 0.596 bits per heavy atom. The Bertz CT molecular complexity index is 762. The lowest BCUT2D eigenvalue weighted by Crippen LogP contribution is -2.50. The van der Waals surface area contributed by atoms with Crippen molar-refractivity contribution in [3.63, 3.8) is 0 Å². The summed E-state index contributed by atoms with van der Waals surface area (Å²) in [4.78, 5) is 12.5. The Hall–Kier alpha value is -0.650. The first-order valence-corrected chi connectivity index (χ1v) is 26.3. The van der Waals surface area contributed by atoms with Crippen LogP contribution in [-0.2, 0) is 4.79 Å². The molecule has 1 amide bonds. The molecule has 3 atom stereocenters. The van der Waals surface area contributed by atoms with Gasteiger partial charge in [0.05, 0.1) is 18.8 Å². The molecule has 0 rings (SSSR count). The Labute approximate surface area is 357 Å². The van der Waals surface area contributed by atoms with Crippen molar-refractivity contribution in [3.05, 3.63) is 0 Å². The van der Waals surface area contributed by atoms with Crippen molar-refractivity contribution in [2.45, 2.75) is 321 Å². The van der Waals surface area contributed by atoms with Gasteiger partial charge in [0, 0.05) is 6.42 Å². The van der Waals surface area contributed by atoms with E-state index in [1.807, 2.05) is 0 Å². The van der Waals surface area contributed by atoms with Gasteiger partial charge < -0.3 is 20.6 Å². The van der Waals surface area contributed by atoms with Crippen molar-refractivity contribution < 1.29 is 20.1 Å². The van der Waals surface area contributed by atoms with Crippen LogP contribution in [0.15, 0.2) is 0 Å². The van der Waals surface area contributed by atoms with Crippen LogP contribution >= 0.6 is 0 Å². The van der Waals surface area contributed by atoms with Crippen molar-refractivity contribution in [2.75, 3.05) is 6.61 Å². The van der Waals surface area contributed by atoms with Crippen LogP contribution in [0.3, 0.4) is 0 Å². The highest BCUT2D eigenvalue weighted by Gasteiger charge is 2.26. The second kappa shape index (κ2) is 48.0. The maximum atomic E-state index is 12.5. The SMILES string of the molecule is CCCCCCCCCCCCCCCCCCCCCCCCCCCCCCC(=O)N[C@@H](CO)[C@H](O)[C@H](O)CCCCCCCCCCCCCCCCC. The summed E-state index contributed by atoms with van der Waals surface area (Å²) in [6.07, 6.45) is 56.7. The Morgan fingerprint density at radius 3 is 0.842 bits per heavy atom. The molecule has 0 aromatic rings. The largest absolute Gasteiger partial charge is 0.394 e. The molecule has 0 fully saturated rings. The fourth-order valence-electron chi connectivity index (χ4n) is 8.64. The molecule has 0 aromatic carbocycles. The van der Waals surface area contributed by atoms with Gasteiger partial charge in [-0.05, 0) is 12.8 Å². The second-order valence-corrected chi connectivity index (χ2v) is 18.4. The van der Waals surface area contributed by atoms with Crippen LogP contribution in [0.2, 0.25) is 0 Å². The number of rotatable bonds is 49. The van der Waals surface area contributed by atoms with Crippen molar-refractivity contribution in [1.29, 1.82) is 0 Å². The summed E-state index contributed by atoms with van der Waals surface area (Å²) in [5, 5.41) is 33.7. The smallest absolute Gasteiger partial charge is 0.220 e. The van der Waals surface area contributed by atoms with E-state index < -0.39 is 18.2 Å². The van der Waals surface area contributed by atoms with E-state index in [0.29, 0.717) is 12.8 Å². The molecular formula is C52H105NO4. The minimum Gasteiger partial charge on any atom is -0.394 e. The number of carbonyl (C=O) groups excluding carboxylic acids is 1. The zero-order chi connectivity index (χ0) is 41.5. The van der Waals surface area contributed by atoms with E-state index >= 15 is 0 Å². The molecule has 342 valence electrons. The zero-order valence-electron chi connectivity index (χ0n) is 39.0. The highest BCUT2D eigenvalue weighted by Crippen LogP contribution is 2.18. The van der Waals surface area contributed by atoms with Crippen LogP contribution in [0.4, 0.5) is 0 Å². The predicted octanol–water partition coefficient (Wildman–Crippen LogP) is 15.8. The minimum absolute atomic E-state index is 0.137. The van der Waals surface area contributed by atoms with Crippen LogP contribution < -0.4 is 5.32 Å². The topological polar surface area (TPSA) is 89.8 Å². The summed E-state index contributed by atoms with van der Waals surface area (Å²) in [5.41, 5.74) is 0. The van der Waals surface area contributed by atoms with Gasteiger partial charge >= 0.3 is 0 Å². The minimum atomic E-state index is -1.13. The van der Waals surface area contributed by atoms with E-state index in [1.54, 1.807) is 0 Å². The lowest BCUT2D eigenvalue weighted by atomic mass is 9.99. The number of aliphatic hydroxyl groups excluding tert-OH is 3.